The lowest BCUT2D eigenvalue weighted by Crippen LogP contribution is -2.23. The van der Waals surface area contributed by atoms with Crippen LogP contribution in [-0.2, 0) is 6.61 Å². The van der Waals surface area contributed by atoms with Gasteiger partial charge in [0.25, 0.3) is 5.56 Å². The number of hydrogen-bond acceptors (Lipinski definition) is 8. The molecule has 0 N–H and O–H groups in total. The Kier molecular flexibility index (Phi) is 9.98. The molecule has 9 nitrogen and oxygen atoms in total. The Morgan fingerprint density at radius 2 is 1.73 bits per heavy atom. The summed E-state index contributed by atoms with van der Waals surface area (Å²) in [6.07, 6.45) is 9.01. The molecule has 0 aliphatic carbocycles. The highest BCUT2D eigenvalue weighted by Gasteiger charge is 2.15. The number of aromatic nitrogens is 5. The van der Waals surface area contributed by atoms with Crippen molar-refractivity contribution in [2.45, 2.75) is 6.61 Å². The standard InChI is InChI=1S/C39H29Cl2N5O4S/c1-3-19-49-33-17-9-25(20-34(33)48-2)10-18-36-42-39-46(43-36)38(47)35(51-39)21-28-23-45(30-7-5-4-6-8-30)44-37(28)26-12-15-31(16-13-26)50-24-27-11-14-29(40)22-32(27)41/h3-18,20-23H,1,19,24H2,2H3/b18-10+,35-21-. The molecular formula is C39H29Cl2N5O4S. The monoisotopic (exact) mass is 733 g/mol. The molecule has 254 valence electrons. The zero-order valence-corrected chi connectivity index (χ0v) is 29.5. The third-order valence-electron chi connectivity index (χ3n) is 7.75. The zero-order valence-electron chi connectivity index (χ0n) is 27.2. The largest absolute Gasteiger partial charge is 0.493 e. The molecular weight excluding hydrogens is 705 g/mol. The lowest BCUT2D eigenvalue weighted by atomic mass is 10.1. The first-order valence-corrected chi connectivity index (χ1v) is 17.3. The number of thiazole rings is 1. The number of halogens is 2. The fourth-order valence-electron chi connectivity index (χ4n) is 5.23. The SMILES string of the molecule is C=CCOc1ccc(/C=C/c2nc3s/c(=C\c4cn(-c5ccccc5)nc4-c4ccc(OCc5ccc(Cl)cc5Cl)cc4)c(=O)n3n2)cc1OC. The summed E-state index contributed by atoms with van der Waals surface area (Å²) in [4.78, 5) is 18.6. The molecule has 0 aliphatic heterocycles. The van der Waals surface area contributed by atoms with Crippen LogP contribution in [0.3, 0.4) is 0 Å². The molecule has 0 aliphatic rings. The summed E-state index contributed by atoms with van der Waals surface area (Å²) in [6.45, 7) is 4.35. The van der Waals surface area contributed by atoms with Gasteiger partial charge in [-0.2, -0.15) is 14.6 Å². The number of rotatable bonds is 12. The Bertz CT molecular complexity index is 2490. The van der Waals surface area contributed by atoms with Crippen LogP contribution in [0.15, 0.2) is 115 Å². The van der Waals surface area contributed by atoms with Crippen molar-refractivity contribution in [3.63, 3.8) is 0 Å². The van der Waals surface area contributed by atoms with Gasteiger partial charge >= 0.3 is 0 Å². The number of benzene rings is 4. The van der Waals surface area contributed by atoms with Gasteiger partial charge in [0.2, 0.25) is 4.96 Å². The van der Waals surface area contributed by atoms with Crippen molar-refractivity contribution in [1.82, 2.24) is 24.4 Å². The van der Waals surface area contributed by atoms with Gasteiger partial charge in [0, 0.05) is 32.9 Å². The van der Waals surface area contributed by atoms with Crippen molar-refractivity contribution in [1.29, 1.82) is 0 Å². The number of para-hydroxylation sites is 1. The van der Waals surface area contributed by atoms with E-state index in [2.05, 4.69) is 16.7 Å². The molecule has 0 radical (unpaired) electrons. The van der Waals surface area contributed by atoms with E-state index >= 15 is 0 Å². The molecule has 7 aromatic rings. The van der Waals surface area contributed by atoms with Gasteiger partial charge in [-0.1, -0.05) is 83.6 Å². The second-order valence-corrected chi connectivity index (χ2v) is 13.0. The Labute approximate surface area is 306 Å². The van der Waals surface area contributed by atoms with Gasteiger partial charge in [-0.15, -0.1) is 5.10 Å². The van der Waals surface area contributed by atoms with Gasteiger partial charge < -0.3 is 14.2 Å². The average Bonchev–Trinajstić information content (AvgIpc) is 3.84. The number of nitrogens with zero attached hydrogens (tertiary/aromatic N) is 5. The van der Waals surface area contributed by atoms with E-state index in [9.17, 15) is 4.79 Å². The van der Waals surface area contributed by atoms with Crippen molar-refractivity contribution >= 4 is 57.7 Å². The van der Waals surface area contributed by atoms with Gasteiger partial charge in [-0.3, -0.25) is 4.79 Å². The molecule has 4 aromatic carbocycles. The molecule has 0 spiro atoms. The lowest BCUT2D eigenvalue weighted by Gasteiger charge is -2.09. The first-order chi connectivity index (χ1) is 24.9. The van der Waals surface area contributed by atoms with Gasteiger partial charge in [-0.25, -0.2) is 4.68 Å². The highest BCUT2D eigenvalue weighted by Crippen LogP contribution is 2.30. The molecule has 12 heteroatoms. The summed E-state index contributed by atoms with van der Waals surface area (Å²) in [6, 6.07) is 28.3. The summed E-state index contributed by atoms with van der Waals surface area (Å²) in [5.74, 6) is 2.30. The topological polar surface area (TPSA) is 92.8 Å². The number of methoxy groups -OCH3 is 1. The fraction of sp³-hybridized carbons (Fsp3) is 0.0769. The second-order valence-electron chi connectivity index (χ2n) is 11.2. The van der Waals surface area contributed by atoms with E-state index in [1.807, 2.05) is 97.2 Å². The highest BCUT2D eigenvalue weighted by molar-refractivity contribution is 7.15. The molecule has 3 aromatic heterocycles. The van der Waals surface area contributed by atoms with Crippen LogP contribution in [0.25, 0.3) is 40.1 Å². The Hall–Kier alpha value is -5.68. The Balaban J connectivity index is 1.16. The summed E-state index contributed by atoms with van der Waals surface area (Å²) in [7, 11) is 1.59. The first-order valence-electron chi connectivity index (χ1n) is 15.7. The lowest BCUT2D eigenvalue weighted by molar-refractivity contribution is 0.306. The Morgan fingerprint density at radius 3 is 2.47 bits per heavy atom. The van der Waals surface area contributed by atoms with Crippen LogP contribution in [0, 0.1) is 0 Å². The molecule has 3 heterocycles. The maximum atomic E-state index is 13.5. The van der Waals surface area contributed by atoms with E-state index in [4.69, 9.17) is 42.5 Å². The van der Waals surface area contributed by atoms with Crippen LogP contribution in [-0.4, -0.2) is 38.1 Å². The third-order valence-corrected chi connectivity index (χ3v) is 9.30. The minimum Gasteiger partial charge on any atom is -0.493 e. The van der Waals surface area contributed by atoms with E-state index < -0.39 is 0 Å². The van der Waals surface area contributed by atoms with Crippen molar-refractivity contribution in [2.75, 3.05) is 13.7 Å². The maximum Gasteiger partial charge on any atom is 0.291 e. The summed E-state index contributed by atoms with van der Waals surface area (Å²) in [5, 5.41) is 10.5. The Morgan fingerprint density at radius 1 is 0.902 bits per heavy atom. The van der Waals surface area contributed by atoms with E-state index in [1.165, 1.54) is 15.9 Å². The predicted octanol–water partition coefficient (Wildman–Crippen LogP) is 8.18. The molecule has 0 unspecified atom stereocenters. The quantitative estimate of drug-likeness (QED) is 0.117. The zero-order chi connectivity index (χ0) is 35.3. The van der Waals surface area contributed by atoms with Crippen LogP contribution < -0.4 is 24.3 Å². The van der Waals surface area contributed by atoms with Gasteiger partial charge in [-0.05, 0) is 78.4 Å². The summed E-state index contributed by atoms with van der Waals surface area (Å²) in [5.41, 5.74) is 4.62. The van der Waals surface area contributed by atoms with Gasteiger partial charge in [0.15, 0.2) is 17.3 Å². The van der Waals surface area contributed by atoms with E-state index in [1.54, 1.807) is 36.1 Å². The average molecular weight is 735 g/mol. The summed E-state index contributed by atoms with van der Waals surface area (Å²) < 4.78 is 20.7. The van der Waals surface area contributed by atoms with Crippen LogP contribution in [0.2, 0.25) is 10.0 Å². The molecule has 0 amide bonds. The van der Waals surface area contributed by atoms with E-state index in [0.717, 1.165) is 27.9 Å². The molecule has 0 fully saturated rings. The van der Waals surface area contributed by atoms with E-state index in [0.29, 0.717) is 61.5 Å². The molecule has 0 saturated carbocycles. The summed E-state index contributed by atoms with van der Waals surface area (Å²) >= 11 is 13.6. The molecule has 0 atom stereocenters. The fourth-order valence-corrected chi connectivity index (χ4v) is 6.60. The van der Waals surface area contributed by atoms with Crippen LogP contribution in [0.4, 0.5) is 0 Å². The number of fused-ring (bicyclic) bond motifs is 1. The molecule has 0 bridgehead atoms. The molecule has 51 heavy (non-hydrogen) atoms. The second kappa shape index (κ2) is 15.1. The normalized spacial score (nSPS) is 11.8. The van der Waals surface area contributed by atoms with E-state index in [-0.39, 0.29) is 5.56 Å². The highest BCUT2D eigenvalue weighted by atomic mass is 35.5. The van der Waals surface area contributed by atoms with Gasteiger partial charge in [0.1, 0.15) is 24.7 Å². The van der Waals surface area contributed by atoms with Crippen molar-refractivity contribution in [3.05, 3.63) is 157 Å². The van der Waals surface area contributed by atoms with Crippen LogP contribution in [0.1, 0.15) is 22.5 Å². The van der Waals surface area contributed by atoms with Crippen molar-refractivity contribution < 1.29 is 14.2 Å². The number of ether oxygens (including phenoxy) is 3. The third kappa shape index (κ3) is 7.58. The maximum absolute atomic E-state index is 13.5. The molecule has 0 saturated heterocycles. The van der Waals surface area contributed by atoms with Crippen molar-refractivity contribution in [2.24, 2.45) is 0 Å². The van der Waals surface area contributed by atoms with Gasteiger partial charge in [0.05, 0.1) is 17.3 Å². The number of hydrogen-bond donors (Lipinski definition) is 0. The minimum atomic E-state index is -0.268. The first kappa shape index (κ1) is 33.8. The smallest absolute Gasteiger partial charge is 0.291 e. The van der Waals surface area contributed by atoms with Crippen molar-refractivity contribution in [3.8, 4) is 34.2 Å². The molecule has 7 rings (SSSR count). The van der Waals surface area contributed by atoms with Crippen LogP contribution >= 0.6 is 34.5 Å². The predicted molar refractivity (Wildman–Crippen MR) is 203 cm³/mol. The van der Waals surface area contributed by atoms with Crippen LogP contribution in [0.5, 0.6) is 17.2 Å². The minimum absolute atomic E-state index is 0.268.